The zero-order valence-electron chi connectivity index (χ0n) is 5.90. The molecule has 0 spiro atoms. The molecule has 11 heavy (non-hydrogen) atoms. The molecule has 2 nitrogen and oxygen atoms in total. The summed E-state index contributed by atoms with van der Waals surface area (Å²) in [5, 5.41) is 0. The highest BCUT2D eigenvalue weighted by Gasteiger charge is 2.20. The first-order valence-electron chi connectivity index (χ1n) is 3.51. The standard InChI is InChI=1S/C9H7NO/c11-9-8-4-2-1-3-7(8)5-6-10-9/h1-6,8H. The first-order chi connectivity index (χ1) is 5.38. The predicted molar refractivity (Wildman–Crippen MR) is 43.4 cm³/mol. The second kappa shape index (κ2) is 2.31. The molecule has 2 aliphatic rings. The van der Waals surface area contributed by atoms with Gasteiger partial charge < -0.3 is 0 Å². The smallest absolute Gasteiger partial charge is 0.257 e. The van der Waals surface area contributed by atoms with Crippen molar-refractivity contribution in [3.63, 3.8) is 0 Å². The van der Waals surface area contributed by atoms with Crippen molar-refractivity contribution in [2.75, 3.05) is 0 Å². The fourth-order valence-corrected chi connectivity index (χ4v) is 1.22. The normalized spacial score (nSPS) is 26.7. The molecule has 0 aromatic carbocycles. The first-order valence-corrected chi connectivity index (χ1v) is 3.51. The van der Waals surface area contributed by atoms with Crippen LogP contribution in [-0.4, -0.2) is 12.1 Å². The molecule has 0 bridgehead atoms. The number of dihydropyridines is 1. The molecule has 1 aliphatic heterocycles. The van der Waals surface area contributed by atoms with E-state index < -0.39 is 0 Å². The minimum absolute atomic E-state index is 0.0666. The van der Waals surface area contributed by atoms with Gasteiger partial charge in [0, 0.05) is 6.21 Å². The molecule has 0 aromatic heterocycles. The maximum absolute atomic E-state index is 11.1. The average molecular weight is 145 g/mol. The number of rotatable bonds is 0. The topological polar surface area (TPSA) is 29.4 Å². The van der Waals surface area contributed by atoms with E-state index in [0.717, 1.165) is 5.57 Å². The Morgan fingerprint density at radius 1 is 1.36 bits per heavy atom. The van der Waals surface area contributed by atoms with Crippen LogP contribution in [-0.2, 0) is 4.79 Å². The lowest BCUT2D eigenvalue weighted by Crippen LogP contribution is -2.16. The van der Waals surface area contributed by atoms with Crippen molar-refractivity contribution in [3.8, 4) is 0 Å². The highest BCUT2D eigenvalue weighted by atomic mass is 16.1. The molecule has 2 heteroatoms. The number of amides is 1. The van der Waals surface area contributed by atoms with Crippen LogP contribution in [0.5, 0.6) is 0 Å². The number of nitrogens with zero attached hydrogens (tertiary/aromatic N) is 1. The maximum Gasteiger partial charge on any atom is 0.257 e. The molecule has 1 heterocycles. The fraction of sp³-hybridized carbons (Fsp3) is 0.111. The molecular formula is C9H7NO. The summed E-state index contributed by atoms with van der Waals surface area (Å²) in [4.78, 5) is 14.8. The van der Waals surface area contributed by atoms with Crippen LogP contribution < -0.4 is 0 Å². The van der Waals surface area contributed by atoms with Crippen LogP contribution in [0.25, 0.3) is 0 Å². The Bertz CT molecular complexity index is 308. The lowest BCUT2D eigenvalue weighted by atomic mass is 9.92. The van der Waals surface area contributed by atoms with Crippen molar-refractivity contribution in [1.29, 1.82) is 0 Å². The summed E-state index contributed by atoms with van der Waals surface area (Å²) < 4.78 is 0. The van der Waals surface area contributed by atoms with Gasteiger partial charge in [0.05, 0.1) is 5.92 Å². The number of hydrogen-bond donors (Lipinski definition) is 0. The third kappa shape index (κ3) is 0.963. The van der Waals surface area contributed by atoms with Gasteiger partial charge in [-0.25, -0.2) is 4.99 Å². The van der Waals surface area contributed by atoms with Crippen molar-refractivity contribution in [1.82, 2.24) is 0 Å². The van der Waals surface area contributed by atoms with Crippen molar-refractivity contribution < 1.29 is 4.79 Å². The Morgan fingerprint density at radius 3 is 3.09 bits per heavy atom. The highest BCUT2D eigenvalue weighted by molar-refractivity contribution is 5.97. The monoisotopic (exact) mass is 145 g/mol. The van der Waals surface area contributed by atoms with Gasteiger partial charge in [0.25, 0.3) is 5.91 Å². The summed E-state index contributed by atoms with van der Waals surface area (Å²) in [6.45, 7) is 0. The minimum Gasteiger partial charge on any atom is -0.272 e. The molecule has 0 N–H and O–H groups in total. The molecule has 0 aromatic rings. The zero-order valence-corrected chi connectivity index (χ0v) is 5.90. The molecule has 0 saturated heterocycles. The number of carbonyl (C=O) groups is 1. The Labute approximate surface area is 64.6 Å². The van der Waals surface area contributed by atoms with E-state index in [0.29, 0.717) is 0 Å². The lowest BCUT2D eigenvalue weighted by molar-refractivity contribution is -0.119. The van der Waals surface area contributed by atoms with E-state index in [1.807, 2.05) is 30.4 Å². The third-order valence-corrected chi connectivity index (χ3v) is 1.80. The highest BCUT2D eigenvalue weighted by Crippen LogP contribution is 2.21. The van der Waals surface area contributed by atoms with Crippen molar-refractivity contribution in [2.45, 2.75) is 0 Å². The van der Waals surface area contributed by atoms with Crippen LogP contribution >= 0.6 is 0 Å². The van der Waals surface area contributed by atoms with Crippen LogP contribution in [0.15, 0.2) is 40.9 Å². The minimum atomic E-state index is -0.120. The molecule has 0 fully saturated rings. The molecule has 1 atom stereocenters. The summed E-state index contributed by atoms with van der Waals surface area (Å²) in [7, 11) is 0. The molecule has 0 radical (unpaired) electrons. The van der Waals surface area contributed by atoms with Crippen LogP contribution in [0.3, 0.4) is 0 Å². The Balaban J connectivity index is 2.43. The first kappa shape index (κ1) is 6.28. The predicted octanol–water partition coefficient (Wildman–Crippen LogP) is 1.27. The molecule has 1 aliphatic carbocycles. The van der Waals surface area contributed by atoms with Crippen molar-refractivity contribution in [2.24, 2.45) is 10.9 Å². The van der Waals surface area contributed by atoms with E-state index in [9.17, 15) is 4.79 Å². The van der Waals surface area contributed by atoms with Gasteiger partial charge in [-0.3, -0.25) is 4.79 Å². The number of hydrogen-bond acceptors (Lipinski definition) is 1. The van der Waals surface area contributed by atoms with Gasteiger partial charge in [-0.1, -0.05) is 24.3 Å². The van der Waals surface area contributed by atoms with Gasteiger partial charge in [-0.05, 0) is 11.6 Å². The Morgan fingerprint density at radius 2 is 2.27 bits per heavy atom. The van der Waals surface area contributed by atoms with Crippen LogP contribution in [0.4, 0.5) is 0 Å². The number of aliphatic imine (C=N–C) groups is 1. The van der Waals surface area contributed by atoms with Gasteiger partial charge >= 0.3 is 0 Å². The van der Waals surface area contributed by atoms with Crippen molar-refractivity contribution >= 4 is 12.1 Å². The maximum atomic E-state index is 11.1. The quantitative estimate of drug-likeness (QED) is 0.504. The molecule has 54 valence electrons. The third-order valence-electron chi connectivity index (χ3n) is 1.80. The molecular weight excluding hydrogens is 138 g/mol. The van der Waals surface area contributed by atoms with Gasteiger partial charge in [0.2, 0.25) is 0 Å². The second-order valence-corrected chi connectivity index (χ2v) is 2.50. The largest absolute Gasteiger partial charge is 0.272 e. The number of allylic oxidation sites excluding steroid dienone is 4. The fourth-order valence-electron chi connectivity index (χ4n) is 1.22. The van der Waals surface area contributed by atoms with E-state index in [1.54, 1.807) is 6.21 Å². The van der Waals surface area contributed by atoms with Gasteiger partial charge in [-0.15, -0.1) is 0 Å². The molecule has 1 amide bonds. The zero-order chi connectivity index (χ0) is 7.68. The van der Waals surface area contributed by atoms with Crippen molar-refractivity contribution in [3.05, 3.63) is 36.0 Å². The molecule has 1 unspecified atom stereocenters. The van der Waals surface area contributed by atoms with Gasteiger partial charge in [-0.2, -0.15) is 0 Å². The van der Waals surface area contributed by atoms with E-state index in [2.05, 4.69) is 4.99 Å². The second-order valence-electron chi connectivity index (χ2n) is 2.50. The van der Waals surface area contributed by atoms with Crippen LogP contribution in [0.1, 0.15) is 0 Å². The molecule has 0 saturated carbocycles. The molecule has 2 rings (SSSR count). The summed E-state index contributed by atoms with van der Waals surface area (Å²) in [5.74, 6) is -0.187. The number of fused-ring (bicyclic) bond motifs is 1. The number of carbonyl (C=O) groups excluding carboxylic acids is 1. The summed E-state index contributed by atoms with van der Waals surface area (Å²) in [5.41, 5.74) is 1.03. The summed E-state index contributed by atoms with van der Waals surface area (Å²) >= 11 is 0. The van der Waals surface area contributed by atoms with Crippen LogP contribution in [0, 0.1) is 5.92 Å². The summed E-state index contributed by atoms with van der Waals surface area (Å²) in [6, 6.07) is 0. The van der Waals surface area contributed by atoms with Gasteiger partial charge in [0.1, 0.15) is 0 Å². The lowest BCUT2D eigenvalue weighted by Gasteiger charge is -2.14. The van der Waals surface area contributed by atoms with E-state index in [-0.39, 0.29) is 11.8 Å². The van der Waals surface area contributed by atoms with Crippen LogP contribution in [0.2, 0.25) is 0 Å². The van der Waals surface area contributed by atoms with E-state index in [1.165, 1.54) is 0 Å². The average Bonchev–Trinajstić information content (AvgIpc) is 2.06. The Kier molecular flexibility index (Phi) is 1.32. The SMILES string of the molecule is O=C1N=CC=C2C=CC=CC12. The van der Waals surface area contributed by atoms with E-state index >= 15 is 0 Å². The summed E-state index contributed by atoms with van der Waals surface area (Å²) in [6.07, 6.45) is 11.0. The Hall–Kier alpha value is -1.44. The van der Waals surface area contributed by atoms with Gasteiger partial charge in [0.15, 0.2) is 0 Å². The van der Waals surface area contributed by atoms with E-state index in [4.69, 9.17) is 0 Å².